The van der Waals surface area contributed by atoms with E-state index in [1.54, 1.807) is 0 Å². The van der Waals surface area contributed by atoms with Crippen molar-refractivity contribution in [3.8, 4) is 0 Å². The van der Waals surface area contributed by atoms with E-state index in [1.807, 2.05) is 0 Å². The highest BCUT2D eigenvalue weighted by Crippen LogP contribution is 2.29. The number of fused-ring (bicyclic) bond motifs is 1. The molecule has 0 aliphatic carbocycles. The molecular weight excluding hydrogens is 224 g/mol. The van der Waals surface area contributed by atoms with E-state index in [1.165, 1.54) is 24.1 Å². The second-order valence-corrected chi connectivity index (χ2v) is 5.74. The van der Waals surface area contributed by atoms with Gasteiger partial charge in [-0.3, -0.25) is 0 Å². The highest BCUT2D eigenvalue weighted by molar-refractivity contribution is 6.01. The molecule has 2 aliphatic rings. The van der Waals surface area contributed by atoms with Gasteiger partial charge in [0.2, 0.25) is 5.90 Å². The first-order valence-electron chi connectivity index (χ1n) is 6.74. The van der Waals surface area contributed by atoms with E-state index in [4.69, 9.17) is 4.74 Å². The normalized spacial score (nSPS) is 21.3. The number of hydrogen-bond acceptors (Lipinski definition) is 3. The molecule has 96 valence electrons. The van der Waals surface area contributed by atoms with Crippen LogP contribution >= 0.6 is 0 Å². The molecule has 1 aromatic carbocycles. The average Bonchev–Trinajstić information content (AvgIpc) is 2.58. The molecule has 3 heteroatoms. The SMILES string of the molecule is CC1(C)COC(c2cccc3c2NCCCC3)=N1. The van der Waals surface area contributed by atoms with Gasteiger partial charge in [-0.1, -0.05) is 12.1 Å². The number of nitrogens with one attached hydrogen (secondary N) is 1. The molecule has 0 spiro atoms. The summed E-state index contributed by atoms with van der Waals surface area (Å²) >= 11 is 0. The number of benzene rings is 1. The molecule has 0 atom stereocenters. The third-order valence-electron chi connectivity index (χ3n) is 3.52. The Morgan fingerprint density at radius 2 is 2.17 bits per heavy atom. The fourth-order valence-corrected chi connectivity index (χ4v) is 2.57. The maximum atomic E-state index is 5.77. The number of rotatable bonds is 1. The minimum absolute atomic E-state index is 0.0945. The molecule has 0 unspecified atom stereocenters. The Kier molecular flexibility index (Phi) is 2.77. The van der Waals surface area contributed by atoms with Crippen LogP contribution in [-0.4, -0.2) is 24.6 Å². The molecule has 3 nitrogen and oxygen atoms in total. The molecule has 18 heavy (non-hydrogen) atoms. The highest BCUT2D eigenvalue weighted by atomic mass is 16.5. The number of hydrogen-bond donors (Lipinski definition) is 1. The monoisotopic (exact) mass is 244 g/mol. The smallest absolute Gasteiger partial charge is 0.218 e. The fraction of sp³-hybridized carbons (Fsp3) is 0.533. The second-order valence-electron chi connectivity index (χ2n) is 5.74. The van der Waals surface area contributed by atoms with Crippen LogP contribution in [0.5, 0.6) is 0 Å². The van der Waals surface area contributed by atoms with Gasteiger partial charge in [0.15, 0.2) is 0 Å². The number of ether oxygens (including phenoxy) is 1. The molecule has 1 N–H and O–H groups in total. The zero-order chi connectivity index (χ0) is 12.6. The van der Waals surface area contributed by atoms with Crippen molar-refractivity contribution >= 4 is 11.6 Å². The van der Waals surface area contributed by atoms with Crippen LogP contribution in [0.15, 0.2) is 23.2 Å². The lowest BCUT2D eigenvalue weighted by molar-refractivity contribution is 0.279. The van der Waals surface area contributed by atoms with E-state index in [-0.39, 0.29) is 5.54 Å². The van der Waals surface area contributed by atoms with E-state index >= 15 is 0 Å². The van der Waals surface area contributed by atoms with Crippen LogP contribution in [0.4, 0.5) is 5.69 Å². The van der Waals surface area contributed by atoms with Crippen LogP contribution in [0, 0.1) is 0 Å². The molecule has 0 radical (unpaired) electrons. The van der Waals surface area contributed by atoms with Gasteiger partial charge in [-0.05, 0) is 44.7 Å². The van der Waals surface area contributed by atoms with Gasteiger partial charge in [-0.25, -0.2) is 4.99 Å². The summed E-state index contributed by atoms with van der Waals surface area (Å²) in [6.07, 6.45) is 3.63. The van der Waals surface area contributed by atoms with Crippen molar-refractivity contribution in [2.75, 3.05) is 18.5 Å². The maximum absolute atomic E-state index is 5.77. The first-order valence-corrected chi connectivity index (χ1v) is 6.74. The van der Waals surface area contributed by atoms with Gasteiger partial charge < -0.3 is 10.1 Å². The summed E-state index contributed by atoms with van der Waals surface area (Å²) in [6.45, 7) is 5.93. The van der Waals surface area contributed by atoms with Crippen LogP contribution in [0.25, 0.3) is 0 Å². The lowest BCUT2D eigenvalue weighted by Crippen LogP contribution is -2.17. The molecule has 2 aliphatic heterocycles. The molecule has 0 amide bonds. The van der Waals surface area contributed by atoms with Crippen LogP contribution in [0.3, 0.4) is 0 Å². The van der Waals surface area contributed by atoms with E-state index in [0.717, 1.165) is 24.4 Å². The van der Waals surface area contributed by atoms with Crippen molar-refractivity contribution < 1.29 is 4.74 Å². The Labute approximate surface area is 108 Å². The topological polar surface area (TPSA) is 33.6 Å². The molecule has 1 aromatic rings. The Hall–Kier alpha value is -1.51. The lowest BCUT2D eigenvalue weighted by atomic mass is 10.0. The number of aryl methyl sites for hydroxylation is 1. The van der Waals surface area contributed by atoms with Gasteiger partial charge in [0.05, 0.1) is 16.8 Å². The van der Waals surface area contributed by atoms with Gasteiger partial charge in [-0.2, -0.15) is 0 Å². The van der Waals surface area contributed by atoms with E-state index in [0.29, 0.717) is 6.61 Å². The van der Waals surface area contributed by atoms with Crippen molar-refractivity contribution in [1.82, 2.24) is 0 Å². The molecule has 3 rings (SSSR count). The molecule has 0 aromatic heterocycles. The zero-order valence-corrected chi connectivity index (χ0v) is 11.1. The van der Waals surface area contributed by atoms with Crippen molar-refractivity contribution in [1.29, 1.82) is 0 Å². The van der Waals surface area contributed by atoms with Gasteiger partial charge >= 0.3 is 0 Å². The summed E-state index contributed by atoms with van der Waals surface area (Å²) < 4.78 is 5.77. The van der Waals surface area contributed by atoms with Crippen molar-refractivity contribution in [3.05, 3.63) is 29.3 Å². The summed E-state index contributed by atoms with van der Waals surface area (Å²) in [5, 5.41) is 3.54. The van der Waals surface area contributed by atoms with Crippen LogP contribution < -0.4 is 5.32 Å². The molecule has 0 saturated heterocycles. The Morgan fingerprint density at radius 1 is 1.28 bits per heavy atom. The lowest BCUT2D eigenvalue weighted by Gasteiger charge is -2.13. The minimum Gasteiger partial charge on any atom is -0.475 e. The summed E-state index contributed by atoms with van der Waals surface area (Å²) in [5.41, 5.74) is 3.65. The summed E-state index contributed by atoms with van der Waals surface area (Å²) in [5.74, 6) is 0.797. The maximum Gasteiger partial charge on any atom is 0.218 e. The zero-order valence-electron chi connectivity index (χ0n) is 11.1. The van der Waals surface area contributed by atoms with E-state index in [9.17, 15) is 0 Å². The molecule has 0 saturated carbocycles. The van der Waals surface area contributed by atoms with Gasteiger partial charge in [0, 0.05) is 6.54 Å². The minimum atomic E-state index is -0.0945. The Bertz CT molecular complexity index is 491. The second kappa shape index (κ2) is 4.30. The number of aliphatic imine (C=N–C) groups is 1. The molecule has 0 bridgehead atoms. The quantitative estimate of drug-likeness (QED) is 0.824. The summed E-state index contributed by atoms with van der Waals surface area (Å²) in [6, 6.07) is 6.42. The summed E-state index contributed by atoms with van der Waals surface area (Å²) in [4.78, 5) is 4.68. The molecule has 2 heterocycles. The standard InChI is InChI=1S/C15H20N2O/c1-15(2)10-18-14(17-15)12-8-5-7-11-6-3-4-9-16-13(11)12/h5,7-8,16H,3-4,6,9-10H2,1-2H3. The van der Waals surface area contributed by atoms with Crippen molar-refractivity contribution in [3.63, 3.8) is 0 Å². The number of nitrogens with zero attached hydrogens (tertiary/aromatic N) is 1. The number of para-hydroxylation sites is 1. The van der Waals surface area contributed by atoms with Crippen LogP contribution in [0.1, 0.15) is 37.8 Å². The molecule has 0 fully saturated rings. The third kappa shape index (κ3) is 2.09. The number of anilines is 1. The largest absolute Gasteiger partial charge is 0.475 e. The molecular formula is C15H20N2O. The highest BCUT2D eigenvalue weighted by Gasteiger charge is 2.28. The van der Waals surface area contributed by atoms with E-state index < -0.39 is 0 Å². The van der Waals surface area contributed by atoms with Crippen molar-refractivity contribution in [2.24, 2.45) is 4.99 Å². The Balaban J connectivity index is 2.03. The first-order chi connectivity index (χ1) is 8.66. The van der Waals surface area contributed by atoms with Gasteiger partial charge in [0.1, 0.15) is 6.61 Å². The predicted octanol–water partition coefficient (Wildman–Crippen LogP) is 2.99. The van der Waals surface area contributed by atoms with Gasteiger partial charge in [0.25, 0.3) is 0 Å². The van der Waals surface area contributed by atoms with Crippen LogP contribution in [-0.2, 0) is 11.2 Å². The van der Waals surface area contributed by atoms with E-state index in [2.05, 4.69) is 42.4 Å². The van der Waals surface area contributed by atoms with Crippen LogP contribution in [0.2, 0.25) is 0 Å². The third-order valence-corrected chi connectivity index (χ3v) is 3.52. The Morgan fingerprint density at radius 3 is 2.94 bits per heavy atom. The first kappa shape index (κ1) is 11.6. The summed E-state index contributed by atoms with van der Waals surface area (Å²) in [7, 11) is 0. The average molecular weight is 244 g/mol. The van der Waals surface area contributed by atoms with Crippen molar-refractivity contribution in [2.45, 2.75) is 38.6 Å². The fourth-order valence-electron chi connectivity index (χ4n) is 2.57. The van der Waals surface area contributed by atoms with Gasteiger partial charge in [-0.15, -0.1) is 0 Å². The predicted molar refractivity (Wildman–Crippen MR) is 74.4 cm³/mol.